The van der Waals surface area contributed by atoms with Crippen LogP contribution in [0.2, 0.25) is 0 Å². The SMILES string of the molecule is Oc1c(-c2ccccc2)sc(-c2ccccc2)[n+]1-c1ccc(I)cc1. The van der Waals surface area contributed by atoms with E-state index in [-0.39, 0.29) is 5.88 Å². The molecule has 0 aliphatic carbocycles. The van der Waals surface area contributed by atoms with E-state index in [0.29, 0.717) is 0 Å². The molecule has 4 aromatic rings. The van der Waals surface area contributed by atoms with E-state index < -0.39 is 0 Å². The molecule has 0 aliphatic heterocycles. The van der Waals surface area contributed by atoms with Crippen molar-refractivity contribution in [1.82, 2.24) is 0 Å². The maximum absolute atomic E-state index is 11.0. The first-order valence-electron chi connectivity index (χ1n) is 7.88. The lowest BCUT2D eigenvalue weighted by atomic mass is 10.2. The van der Waals surface area contributed by atoms with E-state index in [1.807, 2.05) is 65.2 Å². The van der Waals surface area contributed by atoms with Crippen molar-refractivity contribution in [1.29, 1.82) is 0 Å². The molecule has 25 heavy (non-hydrogen) atoms. The molecule has 122 valence electrons. The summed E-state index contributed by atoms with van der Waals surface area (Å²) < 4.78 is 3.10. The summed E-state index contributed by atoms with van der Waals surface area (Å²) in [5.41, 5.74) is 3.06. The zero-order valence-corrected chi connectivity index (χ0v) is 16.2. The summed E-state index contributed by atoms with van der Waals surface area (Å²) in [6, 6.07) is 28.4. The number of hydrogen-bond donors (Lipinski definition) is 1. The van der Waals surface area contributed by atoms with Gasteiger partial charge in [0.15, 0.2) is 4.88 Å². The van der Waals surface area contributed by atoms with Crippen LogP contribution in [0.3, 0.4) is 0 Å². The van der Waals surface area contributed by atoms with Crippen molar-refractivity contribution in [2.45, 2.75) is 0 Å². The molecule has 1 N–H and O–H groups in total. The molecular formula is C21H15INOS+. The molecule has 1 heterocycles. The first kappa shape index (κ1) is 16.3. The Labute approximate surface area is 164 Å². The molecule has 0 unspecified atom stereocenters. The average molecular weight is 456 g/mol. The predicted octanol–water partition coefficient (Wildman–Crippen LogP) is 5.67. The third-order valence-corrected chi connectivity index (χ3v) is 5.91. The van der Waals surface area contributed by atoms with Crippen LogP contribution in [-0.2, 0) is 0 Å². The number of thiazole rings is 1. The Hall–Kier alpha value is -2.18. The lowest BCUT2D eigenvalue weighted by molar-refractivity contribution is -0.587. The number of nitrogens with zero attached hydrogens (tertiary/aromatic N) is 1. The van der Waals surface area contributed by atoms with Crippen LogP contribution >= 0.6 is 33.9 Å². The van der Waals surface area contributed by atoms with E-state index in [2.05, 4.69) is 46.9 Å². The highest BCUT2D eigenvalue weighted by atomic mass is 127. The van der Waals surface area contributed by atoms with Gasteiger partial charge in [0.2, 0.25) is 5.69 Å². The predicted molar refractivity (Wildman–Crippen MR) is 111 cm³/mol. The van der Waals surface area contributed by atoms with Gasteiger partial charge in [0.05, 0.1) is 5.56 Å². The highest BCUT2D eigenvalue weighted by molar-refractivity contribution is 14.1. The third kappa shape index (κ3) is 3.19. The molecule has 0 bridgehead atoms. The van der Waals surface area contributed by atoms with Gasteiger partial charge in [0.25, 0.3) is 5.01 Å². The lowest BCUT2D eigenvalue weighted by Crippen LogP contribution is -2.30. The van der Waals surface area contributed by atoms with Crippen molar-refractivity contribution in [2.75, 3.05) is 0 Å². The summed E-state index contributed by atoms with van der Waals surface area (Å²) in [5, 5.41) is 12.0. The fourth-order valence-corrected chi connectivity index (χ4v) is 4.29. The maximum Gasteiger partial charge on any atom is 0.391 e. The van der Waals surface area contributed by atoms with Crippen molar-refractivity contribution in [3.8, 4) is 32.6 Å². The molecule has 0 atom stereocenters. The first-order valence-corrected chi connectivity index (χ1v) is 9.78. The molecule has 1 aromatic heterocycles. The summed E-state index contributed by atoms with van der Waals surface area (Å²) in [5.74, 6) is 0.274. The maximum atomic E-state index is 11.0. The minimum absolute atomic E-state index is 0.274. The molecule has 2 nitrogen and oxygen atoms in total. The summed E-state index contributed by atoms with van der Waals surface area (Å²) in [7, 11) is 0. The van der Waals surface area contributed by atoms with Gasteiger partial charge in [0.1, 0.15) is 0 Å². The zero-order chi connectivity index (χ0) is 17.2. The van der Waals surface area contributed by atoms with Crippen LogP contribution in [0.15, 0.2) is 84.9 Å². The molecule has 3 aromatic carbocycles. The lowest BCUT2D eigenvalue weighted by Gasteiger charge is -1.99. The number of rotatable bonds is 3. The largest absolute Gasteiger partial charge is 0.458 e. The van der Waals surface area contributed by atoms with E-state index >= 15 is 0 Å². The third-order valence-electron chi connectivity index (χ3n) is 3.96. The fraction of sp³-hybridized carbons (Fsp3) is 0. The van der Waals surface area contributed by atoms with Crippen LogP contribution in [0.25, 0.3) is 26.7 Å². The van der Waals surface area contributed by atoms with Crippen LogP contribution in [-0.4, -0.2) is 5.11 Å². The van der Waals surface area contributed by atoms with Gasteiger partial charge in [-0.15, -0.1) is 4.57 Å². The first-order chi connectivity index (χ1) is 12.2. The number of aromatic hydroxyl groups is 1. The molecule has 0 spiro atoms. The van der Waals surface area contributed by atoms with Crippen molar-refractivity contribution in [2.24, 2.45) is 0 Å². The number of aromatic nitrogens is 1. The smallest absolute Gasteiger partial charge is 0.391 e. The molecular weight excluding hydrogens is 441 g/mol. The van der Waals surface area contributed by atoms with Crippen molar-refractivity contribution < 1.29 is 9.67 Å². The highest BCUT2D eigenvalue weighted by Gasteiger charge is 2.30. The van der Waals surface area contributed by atoms with Crippen LogP contribution in [0.5, 0.6) is 5.88 Å². The Morgan fingerprint density at radius 1 is 0.720 bits per heavy atom. The van der Waals surface area contributed by atoms with Gasteiger partial charge in [-0.2, -0.15) is 0 Å². The van der Waals surface area contributed by atoms with Gasteiger partial charge in [-0.25, -0.2) is 0 Å². The molecule has 0 aliphatic rings. The van der Waals surface area contributed by atoms with Crippen molar-refractivity contribution in [3.63, 3.8) is 0 Å². The van der Waals surface area contributed by atoms with E-state index in [1.165, 1.54) is 3.57 Å². The molecule has 0 saturated heterocycles. The molecule has 0 radical (unpaired) electrons. The van der Waals surface area contributed by atoms with Gasteiger partial charge >= 0.3 is 5.88 Å². The molecule has 0 amide bonds. The second kappa shape index (κ2) is 6.98. The second-order valence-electron chi connectivity index (χ2n) is 5.60. The number of hydrogen-bond acceptors (Lipinski definition) is 2. The minimum atomic E-state index is 0.274. The Balaban J connectivity index is 1.97. The Morgan fingerprint density at radius 3 is 1.88 bits per heavy atom. The molecule has 4 rings (SSSR count). The number of benzene rings is 3. The Morgan fingerprint density at radius 2 is 1.28 bits per heavy atom. The van der Waals surface area contributed by atoms with E-state index in [4.69, 9.17) is 0 Å². The standard InChI is InChI=1S/C21H14INOS/c22-17-11-13-18(14-12-17)23-20(24)19(15-7-3-1-4-8-15)25-21(23)16-9-5-2-6-10-16/h1-14H/p+1. The zero-order valence-electron chi connectivity index (χ0n) is 13.3. The molecule has 0 saturated carbocycles. The topological polar surface area (TPSA) is 24.1 Å². The van der Waals surface area contributed by atoms with Crippen LogP contribution in [0, 0.1) is 3.57 Å². The van der Waals surface area contributed by atoms with Gasteiger partial charge < -0.3 is 5.11 Å². The fourth-order valence-electron chi connectivity index (χ4n) is 2.76. The van der Waals surface area contributed by atoms with Gasteiger partial charge in [0, 0.05) is 21.3 Å². The monoisotopic (exact) mass is 456 g/mol. The summed E-state index contributed by atoms with van der Waals surface area (Å²) in [6.45, 7) is 0. The number of halogens is 1. The molecule has 0 fully saturated rings. The van der Waals surface area contributed by atoms with Gasteiger partial charge in [-0.1, -0.05) is 59.9 Å². The van der Waals surface area contributed by atoms with Crippen molar-refractivity contribution in [3.05, 3.63) is 88.5 Å². The minimum Gasteiger partial charge on any atom is -0.458 e. The van der Waals surface area contributed by atoms with Gasteiger partial charge in [-0.05, 0) is 46.9 Å². The summed E-state index contributed by atoms with van der Waals surface area (Å²) >= 11 is 3.89. The normalized spacial score (nSPS) is 10.8. The van der Waals surface area contributed by atoms with Gasteiger partial charge in [-0.3, -0.25) is 0 Å². The van der Waals surface area contributed by atoms with E-state index in [1.54, 1.807) is 11.3 Å². The van der Waals surface area contributed by atoms with Crippen molar-refractivity contribution >= 4 is 33.9 Å². The highest BCUT2D eigenvalue weighted by Crippen LogP contribution is 2.38. The molecule has 4 heteroatoms. The Kier molecular flexibility index (Phi) is 4.55. The average Bonchev–Trinajstić information content (AvgIpc) is 3.01. The Bertz CT molecular complexity index is 996. The van der Waals surface area contributed by atoms with Crippen LogP contribution in [0.1, 0.15) is 0 Å². The van der Waals surface area contributed by atoms with E-state index in [0.717, 1.165) is 26.7 Å². The van der Waals surface area contributed by atoms with E-state index in [9.17, 15) is 5.11 Å². The second-order valence-corrected chi connectivity index (χ2v) is 7.85. The quantitative estimate of drug-likeness (QED) is 0.312. The summed E-state index contributed by atoms with van der Waals surface area (Å²) in [6.07, 6.45) is 0. The van der Waals surface area contributed by atoms with Crippen LogP contribution in [0.4, 0.5) is 0 Å². The van der Waals surface area contributed by atoms with Crippen LogP contribution < -0.4 is 4.57 Å². The summed E-state index contributed by atoms with van der Waals surface area (Å²) in [4.78, 5) is 0.873.